The first-order chi connectivity index (χ1) is 11.3. The number of carbonyl (C=O) groups excluding carboxylic acids is 1. The molecule has 0 saturated carbocycles. The van der Waals surface area contributed by atoms with Crippen LogP contribution in [0.25, 0.3) is 0 Å². The maximum atomic E-state index is 12.0. The van der Waals surface area contributed by atoms with Crippen molar-refractivity contribution >= 4 is 23.1 Å². The summed E-state index contributed by atoms with van der Waals surface area (Å²) in [4.78, 5) is 12.0. The van der Waals surface area contributed by atoms with Crippen molar-refractivity contribution in [2.45, 2.75) is 12.5 Å². The molecule has 0 aromatic heterocycles. The van der Waals surface area contributed by atoms with E-state index in [1.807, 2.05) is 54.6 Å². The first kappa shape index (κ1) is 13.5. The van der Waals surface area contributed by atoms with Gasteiger partial charge in [0.15, 0.2) is 11.5 Å². The lowest BCUT2D eigenvalue weighted by atomic mass is 10.1. The molecule has 112 valence electrons. The van der Waals surface area contributed by atoms with E-state index in [0.717, 1.165) is 16.8 Å². The lowest BCUT2D eigenvalue weighted by Crippen LogP contribution is -2.14. The van der Waals surface area contributed by atoms with Gasteiger partial charge in [-0.25, -0.2) is 0 Å². The van der Waals surface area contributed by atoms with Crippen molar-refractivity contribution in [3.8, 4) is 0 Å². The van der Waals surface area contributed by atoms with Crippen molar-refractivity contribution in [2.75, 3.05) is 5.32 Å². The number of rotatable bonds is 2. The van der Waals surface area contributed by atoms with Gasteiger partial charge in [0.05, 0.1) is 5.69 Å². The van der Waals surface area contributed by atoms with Crippen molar-refractivity contribution < 1.29 is 4.79 Å². The fourth-order valence-electron chi connectivity index (χ4n) is 2.62. The third kappa shape index (κ3) is 2.55. The lowest BCUT2D eigenvalue weighted by Gasteiger charge is -2.03. The topological polar surface area (TPSA) is 78.5 Å². The number of benzene rings is 2. The number of hydrogen-bond acceptors (Lipinski definition) is 4. The molecular weight excluding hydrogens is 290 g/mol. The van der Waals surface area contributed by atoms with E-state index in [-0.39, 0.29) is 11.9 Å². The number of anilines is 1. The quantitative estimate of drug-likeness (QED) is 0.848. The van der Waals surface area contributed by atoms with E-state index in [1.54, 1.807) is 0 Å². The molecule has 0 bridgehead atoms. The van der Waals surface area contributed by atoms with Crippen LogP contribution in [0.3, 0.4) is 0 Å². The predicted molar refractivity (Wildman–Crippen MR) is 87.7 cm³/mol. The molecule has 0 fully saturated rings. The molecule has 1 amide bonds. The van der Waals surface area contributed by atoms with Crippen LogP contribution in [-0.2, 0) is 4.79 Å². The SMILES string of the molecule is O=C1Nc2ccccc2/C1=N/N=C1\C[C@H](c2ccccc2)N=N1. The van der Waals surface area contributed by atoms with Crippen LogP contribution in [0, 0.1) is 0 Å². The number of amides is 1. The van der Waals surface area contributed by atoms with Crippen LogP contribution in [-0.4, -0.2) is 17.5 Å². The maximum Gasteiger partial charge on any atom is 0.276 e. The standard InChI is InChI=1S/C17H13N5O/c23-17-16(12-8-4-5-9-13(12)18-17)22-21-15-10-14(19-20-15)11-6-2-1-3-7-11/h1-9,14H,10H2,(H,18,22,23)/b21-15+/t14-/m1/s1. The van der Waals surface area contributed by atoms with Crippen molar-refractivity contribution in [2.24, 2.45) is 20.4 Å². The zero-order valence-electron chi connectivity index (χ0n) is 12.2. The molecular formula is C17H13N5O. The lowest BCUT2D eigenvalue weighted by molar-refractivity contribution is -0.110. The second-order valence-electron chi connectivity index (χ2n) is 5.31. The van der Waals surface area contributed by atoms with Crippen LogP contribution in [0.2, 0.25) is 0 Å². The molecule has 0 radical (unpaired) electrons. The highest BCUT2D eigenvalue weighted by Gasteiger charge is 2.26. The Balaban J connectivity index is 1.56. The Morgan fingerprint density at radius 1 is 1.00 bits per heavy atom. The number of carbonyl (C=O) groups is 1. The number of fused-ring (bicyclic) bond motifs is 1. The molecule has 2 aromatic rings. The second kappa shape index (κ2) is 5.57. The van der Waals surface area contributed by atoms with Gasteiger partial charge in [0.25, 0.3) is 5.91 Å². The zero-order valence-corrected chi connectivity index (χ0v) is 12.2. The van der Waals surface area contributed by atoms with Gasteiger partial charge in [0, 0.05) is 12.0 Å². The van der Waals surface area contributed by atoms with E-state index in [1.165, 1.54) is 0 Å². The third-order valence-corrected chi connectivity index (χ3v) is 3.78. The van der Waals surface area contributed by atoms with Gasteiger partial charge in [-0.2, -0.15) is 5.11 Å². The van der Waals surface area contributed by atoms with Gasteiger partial charge in [-0.05, 0) is 11.6 Å². The Bertz CT molecular complexity index is 854. The summed E-state index contributed by atoms with van der Waals surface area (Å²) in [5.74, 6) is 0.286. The minimum Gasteiger partial charge on any atom is -0.320 e. The van der Waals surface area contributed by atoms with Gasteiger partial charge in [-0.3, -0.25) is 4.79 Å². The predicted octanol–water partition coefficient (Wildman–Crippen LogP) is 3.34. The van der Waals surface area contributed by atoms with E-state index < -0.39 is 0 Å². The van der Waals surface area contributed by atoms with E-state index >= 15 is 0 Å². The third-order valence-electron chi connectivity index (χ3n) is 3.78. The first-order valence-electron chi connectivity index (χ1n) is 7.32. The van der Waals surface area contributed by atoms with Gasteiger partial charge in [-0.15, -0.1) is 15.3 Å². The number of hydrogen-bond donors (Lipinski definition) is 1. The molecule has 0 unspecified atom stereocenters. The fourth-order valence-corrected chi connectivity index (χ4v) is 2.62. The molecule has 2 heterocycles. The average molecular weight is 303 g/mol. The summed E-state index contributed by atoms with van der Waals surface area (Å²) >= 11 is 0. The minimum atomic E-state index is -0.245. The van der Waals surface area contributed by atoms with Gasteiger partial charge in [0.1, 0.15) is 6.04 Å². The van der Waals surface area contributed by atoms with Crippen LogP contribution in [0.15, 0.2) is 75.0 Å². The molecule has 0 aliphatic carbocycles. The number of azo groups is 1. The summed E-state index contributed by atoms with van der Waals surface area (Å²) in [6, 6.07) is 17.3. The van der Waals surface area contributed by atoms with Crippen LogP contribution in [0.4, 0.5) is 5.69 Å². The Hall–Kier alpha value is -3.15. The van der Waals surface area contributed by atoms with E-state index in [9.17, 15) is 4.79 Å². The Labute approximate surface area is 132 Å². The van der Waals surface area contributed by atoms with Crippen molar-refractivity contribution in [1.29, 1.82) is 0 Å². The molecule has 2 aliphatic rings. The van der Waals surface area contributed by atoms with E-state index in [0.29, 0.717) is 18.0 Å². The maximum absolute atomic E-state index is 12.0. The zero-order chi connectivity index (χ0) is 15.6. The van der Waals surface area contributed by atoms with Gasteiger partial charge >= 0.3 is 0 Å². The summed E-state index contributed by atoms with van der Waals surface area (Å²) < 4.78 is 0. The molecule has 0 saturated heterocycles. The number of para-hydroxylation sites is 1. The van der Waals surface area contributed by atoms with Crippen LogP contribution in [0.5, 0.6) is 0 Å². The Morgan fingerprint density at radius 2 is 1.78 bits per heavy atom. The molecule has 4 rings (SSSR count). The summed E-state index contributed by atoms with van der Waals surface area (Å²) in [6.07, 6.45) is 0.587. The molecule has 6 heteroatoms. The van der Waals surface area contributed by atoms with Crippen molar-refractivity contribution in [3.05, 3.63) is 65.7 Å². The molecule has 0 spiro atoms. The largest absolute Gasteiger partial charge is 0.320 e. The summed E-state index contributed by atoms with van der Waals surface area (Å²) in [5, 5.41) is 19.3. The molecule has 6 nitrogen and oxygen atoms in total. The molecule has 2 aliphatic heterocycles. The van der Waals surface area contributed by atoms with E-state index in [2.05, 4.69) is 25.7 Å². The average Bonchev–Trinajstić information content (AvgIpc) is 3.18. The number of amidine groups is 1. The Kier molecular flexibility index (Phi) is 3.27. The summed E-state index contributed by atoms with van der Waals surface area (Å²) in [5.41, 5.74) is 2.92. The highest BCUT2D eigenvalue weighted by atomic mass is 16.2. The molecule has 1 N–H and O–H groups in total. The number of nitrogens with one attached hydrogen (secondary N) is 1. The molecule has 2 aromatic carbocycles. The first-order valence-corrected chi connectivity index (χ1v) is 7.32. The molecule has 23 heavy (non-hydrogen) atoms. The normalized spacial score (nSPS) is 22.6. The van der Waals surface area contributed by atoms with Crippen LogP contribution in [0.1, 0.15) is 23.6 Å². The monoisotopic (exact) mass is 303 g/mol. The summed E-state index contributed by atoms with van der Waals surface area (Å²) in [7, 11) is 0. The smallest absolute Gasteiger partial charge is 0.276 e. The summed E-state index contributed by atoms with van der Waals surface area (Å²) in [6.45, 7) is 0. The highest BCUT2D eigenvalue weighted by Crippen LogP contribution is 2.28. The second-order valence-corrected chi connectivity index (χ2v) is 5.31. The fraction of sp³-hybridized carbons (Fsp3) is 0.118. The Morgan fingerprint density at radius 3 is 2.65 bits per heavy atom. The minimum absolute atomic E-state index is 0.0279. The van der Waals surface area contributed by atoms with E-state index in [4.69, 9.17) is 0 Å². The van der Waals surface area contributed by atoms with Crippen LogP contribution >= 0.6 is 0 Å². The van der Waals surface area contributed by atoms with Crippen molar-refractivity contribution in [1.82, 2.24) is 0 Å². The van der Waals surface area contributed by atoms with Gasteiger partial charge in [0.2, 0.25) is 0 Å². The van der Waals surface area contributed by atoms with Gasteiger partial charge < -0.3 is 5.32 Å². The van der Waals surface area contributed by atoms with Crippen molar-refractivity contribution in [3.63, 3.8) is 0 Å². The van der Waals surface area contributed by atoms with Gasteiger partial charge in [-0.1, -0.05) is 48.5 Å². The number of nitrogens with zero attached hydrogens (tertiary/aromatic N) is 4. The molecule has 1 atom stereocenters. The highest BCUT2D eigenvalue weighted by molar-refractivity contribution is 6.53. The van der Waals surface area contributed by atoms with Crippen LogP contribution < -0.4 is 5.32 Å².